The van der Waals surface area contributed by atoms with E-state index in [1.807, 2.05) is 0 Å². The van der Waals surface area contributed by atoms with Gasteiger partial charge in [0.15, 0.2) is 0 Å². The van der Waals surface area contributed by atoms with Crippen LogP contribution in [0, 0.1) is 0 Å². The zero-order valence-corrected chi connectivity index (χ0v) is 11.6. The average molecular weight is 331 g/mol. The highest BCUT2D eigenvalue weighted by molar-refractivity contribution is 5.07. The van der Waals surface area contributed by atoms with Crippen LogP contribution in [0.2, 0.25) is 0 Å². The van der Waals surface area contributed by atoms with Gasteiger partial charge in [0, 0.05) is 5.57 Å². The van der Waals surface area contributed by atoms with Crippen molar-refractivity contribution in [2.75, 3.05) is 0 Å². The van der Waals surface area contributed by atoms with Crippen molar-refractivity contribution >= 4 is 0 Å². The quantitative estimate of drug-likeness (QED) is 0.450. The Morgan fingerprint density at radius 1 is 0.727 bits per heavy atom. The summed E-state index contributed by atoms with van der Waals surface area (Å²) in [7, 11) is 0. The largest absolute Gasteiger partial charge is 0.412 e. The van der Waals surface area contributed by atoms with Crippen LogP contribution in [0.4, 0.5) is 13.2 Å². The Kier molecular flexibility index (Phi) is 49.2. The second-order valence-electron chi connectivity index (χ2n) is 3.80. The molecule has 22 heavy (non-hydrogen) atoms. The number of alkyl halides is 3. The second kappa shape index (κ2) is 25.2. The van der Waals surface area contributed by atoms with E-state index in [9.17, 15) is 13.2 Å². The maximum atomic E-state index is 11.8. The van der Waals surface area contributed by atoms with Crippen molar-refractivity contribution in [2.24, 2.45) is 0 Å². The summed E-state index contributed by atoms with van der Waals surface area (Å²) < 4.78 is 35.5. The molecule has 0 N–H and O–H groups in total. The van der Waals surface area contributed by atoms with Gasteiger partial charge in [-0.3, -0.25) is 0 Å². The molecule has 0 rings (SSSR count). The van der Waals surface area contributed by atoms with Crippen LogP contribution >= 0.6 is 0 Å². The highest BCUT2D eigenvalue weighted by Gasteiger charge is 2.31. The van der Waals surface area contributed by atoms with E-state index < -0.39 is 11.7 Å². The summed E-state index contributed by atoms with van der Waals surface area (Å²) in [5.41, 5.74) is 1.08. The zero-order chi connectivity index (χ0) is 13.9. The molecule has 0 aromatic heterocycles. The van der Waals surface area contributed by atoms with Crippen LogP contribution < -0.4 is 0 Å². The molecule has 0 amide bonds. The molecule has 0 atom stereocenters. The van der Waals surface area contributed by atoms with Crippen LogP contribution in [0.5, 0.6) is 0 Å². The Labute approximate surface area is 140 Å². The molecule has 0 spiro atoms. The fraction of sp³-hybridized carbons (Fsp3) is 0.789. The molecule has 142 valence electrons. The fourth-order valence-corrected chi connectivity index (χ4v) is 1.20. The molecule has 0 saturated carbocycles. The molecule has 0 nitrogen and oxygen atoms in total. The lowest BCUT2D eigenvalue weighted by atomic mass is 10.1. The fourth-order valence-electron chi connectivity index (χ4n) is 1.20. The van der Waals surface area contributed by atoms with Crippen molar-refractivity contribution in [3.8, 4) is 0 Å². The molecule has 0 radical (unpaired) electrons. The van der Waals surface area contributed by atoms with E-state index in [1.54, 1.807) is 6.92 Å². The SMILES string of the molecule is C.C.C.C.C.CC/C=C(\C)CC.CC/C=C(\CC)C(F)(F)F. The lowest BCUT2D eigenvalue weighted by molar-refractivity contribution is -0.0937. The highest BCUT2D eigenvalue weighted by Crippen LogP contribution is 2.27. The number of hydrogen-bond donors (Lipinski definition) is 0. The van der Waals surface area contributed by atoms with Gasteiger partial charge in [-0.05, 0) is 32.6 Å². The molecule has 0 bridgehead atoms. The van der Waals surface area contributed by atoms with Crippen LogP contribution in [-0.4, -0.2) is 6.18 Å². The van der Waals surface area contributed by atoms with Crippen molar-refractivity contribution in [1.29, 1.82) is 0 Å². The van der Waals surface area contributed by atoms with E-state index in [1.165, 1.54) is 31.4 Å². The smallest absolute Gasteiger partial charge is 0.166 e. The van der Waals surface area contributed by atoms with Crippen molar-refractivity contribution in [3.05, 3.63) is 23.3 Å². The molecule has 0 unspecified atom stereocenters. The van der Waals surface area contributed by atoms with Gasteiger partial charge in [-0.15, -0.1) is 0 Å². The van der Waals surface area contributed by atoms with Crippen LogP contribution in [0.1, 0.15) is 97.4 Å². The summed E-state index contributed by atoms with van der Waals surface area (Å²) in [6.45, 7) is 9.72. The van der Waals surface area contributed by atoms with Crippen molar-refractivity contribution in [3.63, 3.8) is 0 Å². The van der Waals surface area contributed by atoms with Gasteiger partial charge in [0.05, 0.1) is 0 Å². The second-order valence-corrected chi connectivity index (χ2v) is 3.80. The van der Waals surface area contributed by atoms with Gasteiger partial charge in [-0.1, -0.05) is 82.6 Å². The molecular formula is C19H45F3. The monoisotopic (exact) mass is 330 g/mol. The zero-order valence-electron chi connectivity index (χ0n) is 11.6. The molecule has 3 heteroatoms. The Morgan fingerprint density at radius 3 is 1.18 bits per heavy atom. The normalized spacial score (nSPS) is 10.2. The van der Waals surface area contributed by atoms with E-state index in [-0.39, 0.29) is 43.6 Å². The maximum Gasteiger partial charge on any atom is 0.412 e. The summed E-state index contributed by atoms with van der Waals surface area (Å²) in [6, 6.07) is 0. The highest BCUT2D eigenvalue weighted by atomic mass is 19.4. The minimum absolute atomic E-state index is 0. The van der Waals surface area contributed by atoms with Crippen molar-refractivity contribution in [2.45, 2.75) is 104 Å². The molecular weight excluding hydrogens is 285 g/mol. The van der Waals surface area contributed by atoms with Crippen LogP contribution in [0.15, 0.2) is 23.3 Å². The molecule has 0 aliphatic heterocycles. The first kappa shape index (κ1) is 42.9. The Morgan fingerprint density at radius 2 is 1.09 bits per heavy atom. The lowest BCUT2D eigenvalue weighted by Gasteiger charge is -2.07. The molecule has 0 aliphatic carbocycles. The summed E-state index contributed by atoms with van der Waals surface area (Å²) in [5, 5.41) is 0. The van der Waals surface area contributed by atoms with Gasteiger partial charge in [0.1, 0.15) is 0 Å². The van der Waals surface area contributed by atoms with Crippen molar-refractivity contribution < 1.29 is 13.2 Å². The Balaban J connectivity index is -0.0000000345. The van der Waals surface area contributed by atoms with Crippen LogP contribution in [0.3, 0.4) is 0 Å². The van der Waals surface area contributed by atoms with Crippen molar-refractivity contribution in [1.82, 2.24) is 0 Å². The minimum Gasteiger partial charge on any atom is -0.166 e. The maximum absolute atomic E-state index is 11.8. The van der Waals surface area contributed by atoms with Gasteiger partial charge >= 0.3 is 6.18 Å². The third-order valence-corrected chi connectivity index (χ3v) is 2.31. The van der Waals surface area contributed by atoms with E-state index in [2.05, 4.69) is 26.8 Å². The van der Waals surface area contributed by atoms with Gasteiger partial charge in [-0.2, -0.15) is 13.2 Å². The number of allylic oxidation sites excluding steroid dienone is 4. The summed E-state index contributed by atoms with van der Waals surface area (Å²) in [5.74, 6) is 0. The average Bonchev–Trinajstić information content (AvgIpc) is 2.25. The standard InChI is InChI=1S/C7H11F3.C7H14.5CH4/c1-3-5-6(4-2)7(8,9)10;1-4-6-7(3)5-2;;;;;/h5H,3-4H2,1-2H3;6H,4-5H2,1-3H3;5*1H4/b6-5+;7-6+;;;;;. The Hall–Kier alpha value is -0.730. The molecule has 0 aromatic rings. The number of halogens is 3. The predicted molar refractivity (Wildman–Crippen MR) is 103 cm³/mol. The predicted octanol–water partition coefficient (Wildman–Crippen LogP) is 9.23. The summed E-state index contributed by atoms with van der Waals surface area (Å²) >= 11 is 0. The molecule has 0 aliphatic rings. The first-order chi connectivity index (χ1) is 7.83. The third kappa shape index (κ3) is 27.6. The number of hydrogen-bond acceptors (Lipinski definition) is 0. The van der Waals surface area contributed by atoms with E-state index >= 15 is 0 Å². The molecule has 0 heterocycles. The Bertz CT molecular complexity index is 236. The van der Waals surface area contributed by atoms with E-state index in [0.29, 0.717) is 6.42 Å². The molecule has 0 aromatic carbocycles. The van der Waals surface area contributed by atoms with Crippen LogP contribution in [-0.2, 0) is 0 Å². The first-order valence-corrected chi connectivity index (χ1v) is 6.25. The van der Waals surface area contributed by atoms with Gasteiger partial charge in [0.2, 0.25) is 0 Å². The van der Waals surface area contributed by atoms with Gasteiger partial charge in [-0.25, -0.2) is 0 Å². The lowest BCUT2D eigenvalue weighted by Crippen LogP contribution is -2.10. The first-order valence-electron chi connectivity index (χ1n) is 6.25. The third-order valence-electron chi connectivity index (χ3n) is 2.31. The topological polar surface area (TPSA) is 0 Å². The van der Waals surface area contributed by atoms with Crippen LogP contribution in [0.25, 0.3) is 0 Å². The molecule has 0 saturated heterocycles. The summed E-state index contributed by atoms with van der Waals surface area (Å²) in [4.78, 5) is 0. The van der Waals surface area contributed by atoms with E-state index in [4.69, 9.17) is 0 Å². The van der Waals surface area contributed by atoms with Gasteiger partial charge in [0.25, 0.3) is 0 Å². The number of rotatable bonds is 4. The molecule has 0 fully saturated rings. The minimum atomic E-state index is -4.12. The van der Waals surface area contributed by atoms with E-state index in [0.717, 1.165) is 0 Å². The summed E-state index contributed by atoms with van der Waals surface area (Å²) in [6.07, 6.45) is 2.26. The van der Waals surface area contributed by atoms with Gasteiger partial charge < -0.3 is 0 Å².